The van der Waals surface area contributed by atoms with Crippen molar-refractivity contribution in [2.24, 2.45) is 0 Å². The highest BCUT2D eigenvalue weighted by Gasteiger charge is 2.35. The number of rotatable bonds is 10. The number of carbonyl (C=O) groups is 2. The first-order valence-corrected chi connectivity index (χ1v) is 13.9. The van der Waals surface area contributed by atoms with Crippen LogP contribution in [0, 0.1) is 10.5 Å². The Morgan fingerprint density at radius 1 is 1.03 bits per heavy atom. The van der Waals surface area contributed by atoms with Crippen LogP contribution < -0.4 is 14.2 Å². The van der Waals surface area contributed by atoms with Crippen molar-refractivity contribution in [1.82, 2.24) is 4.90 Å². The van der Waals surface area contributed by atoms with E-state index in [1.807, 2.05) is 50.2 Å². The largest absolute Gasteiger partial charge is 0.492 e. The van der Waals surface area contributed by atoms with E-state index in [9.17, 15) is 9.59 Å². The van der Waals surface area contributed by atoms with E-state index in [0.29, 0.717) is 40.4 Å². The van der Waals surface area contributed by atoms with Gasteiger partial charge in [-0.15, -0.1) is 0 Å². The number of benzene rings is 3. The number of thioether (sulfide) groups is 1. The van der Waals surface area contributed by atoms with Crippen LogP contribution >= 0.6 is 46.0 Å². The molecule has 0 aromatic heterocycles. The van der Waals surface area contributed by atoms with Crippen molar-refractivity contribution in [3.63, 3.8) is 0 Å². The molecule has 0 unspecified atom stereocenters. The van der Waals surface area contributed by atoms with E-state index in [1.54, 1.807) is 30.3 Å². The lowest BCUT2D eigenvalue weighted by molar-refractivity contribution is -0.123. The minimum absolute atomic E-state index is 0.151. The molecule has 1 heterocycles. The highest BCUT2D eigenvalue weighted by molar-refractivity contribution is 14.1. The molecule has 37 heavy (non-hydrogen) atoms. The molecule has 192 valence electrons. The predicted molar refractivity (Wildman–Crippen MR) is 155 cm³/mol. The van der Waals surface area contributed by atoms with Crippen molar-refractivity contribution < 1.29 is 23.8 Å². The Morgan fingerprint density at radius 2 is 1.78 bits per heavy atom. The van der Waals surface area contributed by atoms with E-state index in [0.717, 1.165) is 32.0 Å². The van der Waals surface area contributed by atoms with E-state index in [4.69, 9.17) is 25.8 Å². The molecule has 0 saturated carbocycles. The molecule has 0 N–H and O–H groups in total. The van der Waals surface area contributed by atoms with Crippen LogP contribution in [0.25, 0.3) is 6.08 Å². The molecular weight excluding hydrogens is 625 g/mol. The highest BCUT2D eigenvalue weighted by Crippen LogP contribution is 2.38. The van der Waals surface area contributed by atoms with Gasteiger partial charge in [0.25, 0.3) is 11.1 Å². The fourth-order valence-electron chi connectivity index (χ4n) is 3.63. The van der Waals surface area contributed by atoms with E-state index < -0.39 is 0 Å². The number of carbonyl (C=O) groups excluding carboxylic acids is 2. The molecule has 0 spiro atoms. The molecule has 3 aromatic rings. The monoisotopic (exact) mass is 649 g/mol. The first-order chi connectivity index (χ1) is 17.9. The van der Waals surface area contributed by atoms with Gasteiger partial charge in [-0.05, 0) is 107 Å². The molecular formula is C28H25ClINO5S. The van der Waals surface area contributed by atoms with Gasteiger partial charge in [0.15, 0.2) is 11.5 Å². The summed E-state index contributed by atoms with van der Waals surface area (Å²) in [4.78, 5) is 27.0. The highest BCUT2D eigenvalue weighted by atomic mass is 127. The molecule has 1 aliphatic rings. The third-order valence-electron chi connectivity index (χ3n) is 5.53. The van der Waals surface area contributed by atoms with Crippen LogP contribution in [-0.2, 0) is 11.4 Å². The summed E-state index contributed by atoms with van der Waals surface area (Å²) in [5, 5.41) is 0.283. The van der Waals surface area contributed by atoms with E-state index in [1.165, 1.54) is 4.90 Å². The van der Waals surface area contributed by atoms with Gasteiger partial charge in [0, 0.05) is 5.02 Å². The molecule has 6 nitrogen and oxygen atoms in total. The first-order valence-electron chi connectivity index (χ1n) is 11.6. The summed E-state index contributed by atoms with van der Waals surface area (Å²) in [6, 6.07) is 18.7. The summed E-state index contributed by atoms with van der Waals surface area (Å²) in [7, 11) is 0. The zero-order valence-electron chi connectivity index (χ0n) is 20.3. The minimum atomic E-state index is -0.345. The molecule has 0 aliphatic carbocycles. The lowest BCUT2D eigenvalue weighted by Gasteiger charge is -2.16. The molecule has 3 aromatic carbocycles. The number of hydrogen-bond donors (Lipinski definition) is 0. The van der Waals surface area contributed by atoms with Gasteiger partial charge in [0.1, 0.15) is 19.0 Å². The van der Waals surface area contributed by atoms with Gasteiger partial charge < -0.3 is 14.2 Å². The molecule has 1 aliphatic heterocycles. The number of hydrogen-bond acceptors (Lipinski definition) is 6. The summed E-state index contributed by atoms with van der Waals surface area (Å²) >= 11 is 9.00. The zero-order valence-corrected chi connectivity index (χ0v) is 24.1. The van der Waals surface area contributed by atoms with Crippen LogP contribution in [-0.4, -0.2) is 35.8 Å². The molecule has 0 radical (unpaired) electrons. The Hall–Kier alpha value is -2.69. The quantitative estimate of drug-likeness (QED) is 0.169. The Kier molecular flexibility index (Phi) is 9.39. The smallest absolute Gasteiger partial charge is 0.293 e. The van der Waals surface area contributed by atoms with Crippen molar-refractivity contribution >= 4 is 63.2 Å². The number of amides is 2. The van der Waals surface area contributed by atoms with E-state index in [-0.39, 0.29) is 24.3 Å². The lowest BCUT2D eigenvalue weighted by Crippen LogP contribution is -2.32. The van der Waals surface area contributed by atoms with Crippen LogP contribution in [0.5, 0.6) is 17.2 Å². The SMILES string of the molecule is CCOc1cc(/C=C2\SC(=O)N(CCOc3ccc(Cl)cc3)C2=O)cc(I)c1OCc1ccccc1C. The number of aryl methyl sites for hydroxylation is 1. The van der Waals surface area contributed by atoms with Crippen LogP contribution in [0.3, 0.4) is 0 Å². The minimum Gasteiger partial charge on any atom is -0.492 e. The maximum Gasteiger partial charge on any atom is 0.293 e. The molecule has 4 rings (SSSR count). The molecule has 1 fully saturated rings. The molecule has 2 amide bonds. The maximum atomic E-state index is 12.9. The number of nitrogens with zero attached hydrogens (tertiary/aromatic N) is 1. The van der Waals surface area contributed by atoms with Crippen LogP contribution in [0.2, 0.25) is 5.02 Å². The van der Waals surface area contributed by atoms with Gasteiger partial charge in [-0.25, -0.2) is 0 Å². The van der Waals surface area contributed by atoms with Crippen molar-refractivity contribution in [2.75, 3.05) is 19.8 Å². The molecule has 0 atom stereocenters. The second-order valence-corrected chi connectivity index (χ2v) is 10.7. The Labute approximate surface area is 239 Å². The third-order valence-corrected chi connectivity index (χ3v) is 7.49. The number of ether oxygens (including phenoxy) is 3. The van der Waals surface area contributed by atoms with Crippen molar-refractivity contribution in [3.8, 4) is 17.2 Å². The second-order valence-electron chi connectivity index (χ2n) is 8.11. The van der Waals surface area contributed by atoms with Gasteiger partial charge >= 0.3 is 0 Å². The van der Waals surface area contributed by atoms with Gasteiger partial charge in [-0.2, -0.15) is 0 Å². The Balaban J connectivity index is 1.46. The molecule has 9 heteroatoms. The van der Waals surface area contributed by atoms with Gasteiger partial charge in [-0.3, -0.25) is 14.5 Å². The van der Waals surface area contributed by atoms with Crippen LogP contribution in [0.4, 0.5) is 4.79 Å². The second kappa shape index (κ2) is 12.7. The Bertz CT molecular complexity index is 1330. The molecule has 1 saturated heterocycles. The summed E-state index contributed by atoms with van der Waals surface area (Å²) < 4.78 is 18.5. The standard InChI is InChI=1S/C28H25ClINO5S/c1-3-34-24-15-19(14-23(30)26(24)36-17-20-7-5-4-6-18(20)2)16-25-27(32)31(28(33)37-25)12-13-35-22-10-8-21(29)9-11-22/h4-11,14-16H,3,12-13,17H2,1-2H3/b25-16-. The normalized spacial score (nSPS) is 14.4. The average Bonchev–Trinajstić information content (AvgIpc) is 3.13. The van der Waals surface area contributed by atoms with Crippen LogP contribution in [0.1, 0.15) is 23.6 Å². The molecule has 0 bridgehead atoms. The third kappa shape index (κ3) is 7.00. The number of halogens is 2. The first kappa shape index (κ1) is 27.3. The number of imide groups is 1. The summed E-state index contributed by atoms with van der Waals surface area (Å²) in [5.74, 6) is 1.51. The Morgan fingerprint density at radius 3 is 2.51 bits per heavy atom. The topological polar surface area (TPSA) is 65.1 Å². The van der Waals surface area contributed by atoms with Gasteiger partial charge in [0.2, 0.25) is 0 Å². The summed E-state index contributed by atoms with van der Waals surface area (Å²) in [6.07, 6.45) is 1.71. The van der Waals surface area contributed by atoms with Gasteiger partial charge in [-0.1, -0.05) is 35.9 Å². The van der Waals surface area contributed by atoms with Crippen molar-refractivity contribution in [3.05, 3.63) is 90.9 Å². The van der Waals surface area contributed by atoms with Crippen LogP contribution in [0.15, 0.2) is 65.6 Å². The predicted octanol–water partition coefficient (Wildman–Crippen LogP) is 7.35. The fourth-order valence-corrected chi connectivity index (χ4v) is 5.40. The fraction of sp³-hybridized carbons (Fsp3) is 0.214. The average molecular weight is 650 g/mol. The summed E-state index contributed by atoms with van der Waals surface area (Å²) in [6.45, 7) is 5.17. The maximum absolute atomic E-state index is 12.9. The van der Waals surface area contributed by atoms with Crippen molar-refractivity contribution in [1.29, 1.82) is 0 Å². The zero-order chi connectivity index (χ0) is 26.4. The van der Waals surface area contributed by atoms with Gasteiger partial charge in [0.05, 0.1) is 21.6 Å². The van der Waals surface area contributed by atoms with E-state index in [2.05, 4.69) is 22.6 Å². The van der Waals surface area contributed by atoms with Crippen molar-refractivity contribution in [2.45, 2.75) is 20.5 Å². The lowest BCUT2D eigenvalue weighted by atomic mass is 10.1. The van der Waals surface area contributed by atoms with E-state index >= 15 is 0 Å². The summed E-state index contributed by atoms with van der Waals surface area (Å²) in [5.41, 5.74) is 3.00.